The third kappa shape index (κ3) is 6.10. The summed E-state index contributed by atoms with van der Waals surface area (Å²) < 4.78 is 13.3. The second-order valence-electron chi connectivity index (χ2n) is 9.82. The molecule has 2 fully saturated rings. The molecule has 0 aliphatic heterocycles. The minimum absolute atomic E-state index is 0.0459. The molecule has 0 aromatic carbocycles. The van der Waals surface area contributed by atoms with Crippen LogP contribution < -0.4 is 4.74 Å². The van der Waals surface area contributed by atoms with E-state index in [2.05, 4.69) is 15.3 Å². The van der Waals surface area contributed by atoms with Gasteiger partial charge in [-0.1, -0.05) is 18.1 Å². The molecule has 190 valence electrons. The lowest BCUT2D eigenvalue weighted by Gasteiger charge is -2.27. The number of carboxylic acid groups (broad SMARTS) is 1. The van der Waals surface area contributed by atoms with Crippen molar-refractivity contribution in [1.29, 1.82) is 0 Å². The maximum Gasteiger partial charge on any atom is 0.409 e. The molecule has 10 nitrogen and oxygen atoms in total. The van der Waals surface area contributed by atoms with Gasteiger partial charge in [-0.15, -0.1) is 5.10 Å². The molecule has 0 bridgehead atoms. The molecule has 2 aliphatic rings. The lowest BCUT2D eigenvalue weighted by molar-refractivity contribution is -0.143. The molecule has 0 saturated heterocycles. The predicted molar refractivity (Wildman–Crippen MR) is 128 cm³/mol. The molecule has 2 saturated carbocycles. The van der Waals surface area contributed by atoms with E-state index >= 15 is 0 Å². The summed E-state index contributed by atoms with van der Waals surface area (Å²) >= 11 is 0. The predicted octanol–water partition coefficient (Wildman–Crippen LogP) is 3.97. The average Bonchev–Trinajstić information content (AvgIpc) is 3.48. The molecule has 35 heavy (non-hydrogen) atoms. The van der Waals surface area contributed by atoms with Crippen LogP contribution in [0.1, 0.15) is 62.8 Å². The monoisotopic (exact) mass is 485 g/mol. The summed E-state index contributed by atoms with van der Waals surface area (Å²) in [7, 11) is 3.53. The van der Waals surface area contributed by atoms with Crippen LogP contribution in [0.2, 0.25) is 0 Å². The van der Waals surface area contributed by atoms with E-state index in [0.717, 1.165) is 12.8 Å². The zero-order chi connectivity index (χ0) is 24.9. The first-order chi connectivity index (χ1) is 16.8. The minimum atomic E-state index is -0.760. The van der Waals surface area contributed by atoms with E-state index < -0.39 is 5.97 Å². The fraction of sp³-hybridized carbons (Fsp3) is 0.640. The number of hydrogen-bond acceptors (Lipinski definition) is 7. The normalized spacial score (nSPS) is 20.5. The first-order valence-corrected chi connectivity index (χ1v) is 12.5. The van der Waals surface area contributed by atoms with Crippen LogP contribution in [-0.2, 0) is 23.2 Å². The Hall–Kier alpha value is -3.17. The molecule has 0 unspecified atom stereocenters. The lowest BCUT2D eigenvalue weighted by atomic mass is 9.87. The number of nitrogens with zero attached hydrogens (tertiary/aromatic N) is 5. The van der Waals surface area contributed by atoms with Gasteiger partial charge in [0.25, 0.3) is 0 Å². The molecule has 10 heteroatoms. The van der Waals surface area contributed by atoms with E-state index in [1.807, 2.05) is 13.0 Å². The van der Waals surface area contributed by atoms with Gasteiger partial charge in [0.05, 0.1) is 23.4 Å². The van der Waals surface area contributed by atoms with E-state index in [4.69, 9.17) is 9.47 Å². The van der Waals surface area contributed by atoms with Crippen molar-refractivity contribution in [2.45, 2.75) is 71.0 Å². The van der Waals surface area contributed by atoms with Gasteiger partial charge in [0.1, 0.15) is 23.7 Å². The van der Waals surface area contributed by atoms with Crippen LogP contribution in [0.25, 0.3) is 11.4 Å². The highest BCUT2D eigenvalue weighted by Crippen LogP contribution is 2.31. The highest BCUT2D eigenvalue weighted by Gasteiger charge is 2.29. The van der Waals surface area contributed by atoms with Gasteiger partial charge in [-0.2, -0.15) is 0 Å². The van der Waals surface area contributed by atoms with Crippen LogP contribution >= 0.6 is 0 Å². The maximum absolute atomic E-state index is 12.5. The van der Waals surface area contributed by atoms with Crippen LogP contribution in [0, 0.1) is 18.8 Å². The van der Waals surface area contributed by atoms with Gasteiger partial charge in [0, 0.05) is 20.6 Å². The molecular weight excluding hydrogens is 450 g/mol. The topological polar surface area (TPSA) is 120 Å². The second kappa shape index (κ2) is 11.0. The second-order valence-corrected chi connectivity index (χ2v) is 9.82. The van der Waals surface area contributed by atoms with Gasteiger partial charge in [0.2, 0.25) is 0 Å². The van der Waals surface area contributed by atoms with Gasteiger partial charge in [-0.05, 0) is 63.5 Å². The van der Waals surface area contributed by atoms with Gasteiger partial charge >= 0.3 is 12.1 Å². The van der Waals surface area contributed by atoms with Crippen LogP contribution in [0.4, 0.5) is 4.79 Å². The Balaban J connectivity index is 1.40. The zero-order valence-corrected chi connectivity index (χ0v) is 20.8. The average molecular weight is 486 g/mol. The van der Waals surface area contributed by atoms with Crippen molar-refractivity contribution in [2.24, 2.45) is 18.9 Å². The van der Waals surface area contributed by atoms with Crippen LogP contribution in [0.3, 0.4) is 0 Å². The van der Waals surface area contributed by atoms with E-state index in [1.54, 1.807) is 29.7 Å². The van der Waals surface area contributed by atoms with Crippen molar-refractivity contribution < 1.29 is 24.2 Å². The molecule has 2 heterocycles. The standard InChI is InChI=1S/C25H35N5O5/c1-16-22(35-19-10-6-9-18(13-19)24(31)32)12-11-20(26-16)23-21(30(3)28-27-23)15-34-25(33)29(2)14-17-7-4-5-8-17/h11-12,17-19H,4-10,13-15H2,1-3H3,(H,31,32)/t18-,19-/m0/s1. The van der Waals surface area contributed by atoms with Crippen molar-refractivity contribution in [3.63, 3.8) is 0 Å². The third-order valence-corrected chi connectivity index (χ3v) is 7.14. The lowest BCUT2D eigenvalue weighted by Crippen LogP contribution is -2.31. The minimum Gasteiger partial charge on any atom is -0.489 e. The molecule has 0 radical (unpaired) electrons. The number of aliphatic carboxylic acids is 1. The van der Waals surface area contributed by atoms with Gasteiger partial charge in [-0.25, -0.2) is 14.5 Å². The summed E-state index contributed by atoms with van der Waals surface area (Å²) in [6.07, 6.45) is 7.18. The van der Waals surface area contributed by atoms with E-state index in [9.17, 15) is 14.7 Å². The van der Waals surface area contributed by atoms with Crippen molar-refractivity contribution in [2.75, 3.05) is 13.6 Å². The molecule has 2 atom stereocenters. The first kappa shape index (κ1) is 24.9. The zero-order valence-electron chi connectivity index (χ0n) is 20.8. The Morgan fingerprint density at radius 1 is 1.17 bits per heavy atom. The number of amides is 1. The Kier molecular flexibility index (Phi) is 7.87. The summed E-state index contributed by atoms with van der Waals surface area (Å²) in [6.45, 7) is 2.61. The van der Waals surface area contributed by atoms with Crippen molar-refractivity contribution >= 4 is 12.1 Å². The van der Waals surface area contributed by atoms with Crippen molar-refractivity contribution in [3.8, 4) is 17.1 Å². The van der Waals surface area contributed by atoms with E-state index in [1.165, 1.54) is 25.7 Å². The number of carbonyl (C=O) groups is 2. The van der Waals surface area contributed by atoms with Crippen molar-refractivity contribution in [3.05, 3.63) is 23.5 Å². The number of carbonyl (C=O) groups excluding carboxylic acids is 1. The highest BCUT2D eigenvalue weighted by atomic mass is 16.6. The fourth-order valence-electron chi connectivity index (χ4n) is 5.09. The molecular formula is C25H35N5O5. The molecule has 2 aromatic rings. The van der Waals surface area contributed by atoms with Gasteiger partial charge < -0.3 is 19.5 Å². The van der Waals surface area contributed by atoms with Crippen LogP contribution in [-0.4, -0.2) is 61.7 Å². The molecule has 1 amide bonds. The first-order valence-electron chi connectivity index (χ1n) is 12.5. The van der Waals surface area contributed by atoms with E-state index in [0.29, 0.717) is 53.8 Å². The fourth-order valence-corrected chi connectivity index (χ4v) is 5.09. The van der Waals surface area contributed by atoms with Crippen LogP contribution in [0.5, 0.6) is 5.75 Å². The number of hydrogen-bond donors (Lipinski definition) is 1. The van der Waals surface area contributed by atoms with E-state index in [-0.39, 0.29) is 24.7 Å². The Labute approximate surface area is 205 Å². The number of rotatable bonds is 8. The Morgan fingerprint density at radius 3 is 2.66 bits per heavy atom. The quantitative estimate of drug-likeness (QED) is 0.596. The Morgan fingerprint density at radius 2 is 1.94 bits per heavy atom. The Bertz CT molecular complexity index is 1050. The summed E-state index contributed by atoms with van der Waals surface area (Å²) in [5.41, 5.74) is 2.51. The molecule has 0 spiro atoms. The molecule has 2 aliphatic carbocycles. The van der Waals surface area contributed by atoms with Crippen LogP contribution in [0.15, 0.2) is 12.1 Å². The summed E-state index contributed by atoms with van der Waals surface area (Å²) in [4.78, 5) is 30.2. The molecule has 4 rings (SSSR count). The largest absolute Gasteiger partial charge is 0.489 e. The maximum atomic E-state index is 12.5. The van der Waals surface area contributed by atoms with Gasteiger partial charge in [-0.3, -0.25) is 4.79 Å². The molecule has 1 N–H and O–H groups in total. The smallest absolute Gasteiger partial charge is 0.409 e. The number of ether oxygens (including phenoxy) is 2. The van der Waals surface area contributed by atoms with Crippen molar-refractivity contribution in [1.82, 2.24) is 24.9 Å². The number of carboxylic acids is 1. The van der Waals surface area contributed by atoms with Gasteiger partial charge in [0.15, 0.2) is 0 Å². The number of pyridine rings is 1. The number of aryl methyl sites for hydroxylation is 2. The SMILES string of the molecule is Cc1nc(-c2nnn(C)c2COC(=O)N(C)CC2CCCC2)ccc1O[C@H]1CCC[C@H](C(=O)O)C1. The summed E-state index contributed by atoms with van der Waals surface area (Å²) in [5, 5.41) is 17.7. The third-order valence-electron chi connectivity index (χ3n) is 7.14. The summed E-state index contributed by atoms with van der Waals surface area (Å²) in [6, 6.07) is 3.64. The molecule has 2 aromatic heterocycles. The highest BCUT2D eigenvalue weighted by molar-refractivity contribution is 5.70. The number of aromatic nitrogens is 4. The summed E-state index contributed by atoms with van der Waals surface area (Å²) in [5.74, 6) is 0.0701.